The number of likely N-dealkylation sites (tertiary alicyclic amines) is 1. The zero-order valence-corrected chi connectivity index (χ0v) is 17.4. The van der Waals surface area contributed by atoms with Crippen molar-refractivity contribution in [2.75, 3.05) is 32.1 Å². The van der Waals surface area contributed by atoms with Crippen molar-refractivity contribution in [3.05, 3.63) is 82.6 Å². The number of rotatable bonds is 4. The summed E-state index contributed by atoms with van der Waals surface area (Å²) in [6.07, 6.45) is 1.43. The van der Waals surface area contributed by atoms with Crippen molar-refractivity contribution in [3.8, 4) is 11.3 Å². The van der Waals surface area contributed by atoms with Gasteiger partial charge in [0.15, 0.2) is 0 Å². The fourth-order valence-electron chi connectivity index (χ4n) is 3.86. The molecule has 0 atom stereocenters. The van der Waals surface area contributed by atoms with E-state index in [1.807, 2.05) is 78.5 Å². The maximum atomic E-state index is 12.9. The Morgan fingerprint density at radius 3 is 2.40 bits per heavy atom. The molecular formula is C24H26N4O2. The van der Waals surface area contributed by atoms with Crippen LogP contribution >= 0.6 is 0 Å². The van der Waals surface area contributed by atoms with Gasteiger partial charge in [0, 0.05) is 50.1 Å². The summed E-state index contributed by atoms with van der Waals surface area (Å²) in [7, 11) is 3.92. The lowest BCUT2D eigenvalue weighted by Crippen LogP contribution is -2.41. The summed E-state index contributed by atoms with van der Waals surface area (Å²) in [5, 5.41) is 4.62. The van der Waals surface area contributed by atoms with Crippen molar-refractivity contribution < 1.29 is 4.79 Å². The number of hydrogen-bond donors (Lipinski definition) is 0. The predicted octanol–water partition coefficient (Wildman–Crippen LogP) is 3.45. The largest absolute Gasteiger partial charge is 0.378 e. The zero-order valence-electron chi connectivity index (χ0n) is 17.4. The first-order valence-corrected chi connectivity index (χ1v) is 10.2. The van der Waals surface area contributed by atoms with Crippen LogP contribution in [0.5, 0.6) is 0 Å². The SMILES string of the molecule is CN(C)c1cccc(C(=O)N2CCC(n3nc(-c4ccccc4)ccc3=O)CC2)c1. The van der Waals surface area contributed by atoms with Gasteiger partial charge in [-0.25, -0.2) is 4.68 Å². The van der Waals surface area contributed by atoms with E-state index in [1.54, 1.807) is 16.8 Å². The standard InChI is InChI=1S/C24H26N4O2/c1-26(2)21-10-6-9-19(17-21)24(30)27-15-13-20(14-16-27)28-23(29)12-11-22(25-28)18-7-4-3-5-8-18/h3-12,17,20H,13-16H2,1-2H3. The Balaban J connectivity index is 1.48. The van der Waals surface area contributed by atoms with E-state index in [0.717, 1.165) is 16.9 Å². The summed E-state index contributed by atoms with van der Waals surface area (Å²) >= 11 is 0. The maximum Gasteiger partial charge on any atom is 0.267 e. The lowest BCUT2D eigenvalue weighted by atomic mass is 10.0. The van der Waals surface area contributed by atoms with Crippen LogP contribution in [0.25, 0.3) is 11.3 Å². The number of piperidine rings is 1. The number of amides is 1. The predicted molar refractivity (Wildman–Crippen MR) is 119 cm³/mol. The third-order valence-corrected chi connectivity index (χ3v) is 5.60. The summed E-state index contributed by atoms with van der Waals surface area (Å²) in [4.78, 5) is 29.3. The fraction of sp³-hybridized carbons (Fsp3) is 0.292. The number of carbonyl (C=O) groups is 1. The topological polar surface area (TPSA) is 58.4 Å². The highest BCUT2D eigenvalue weighted by atomic mass is 16.2. The molecule has 0 bridgehead atoms. The lowest BCUT2D eigenvalue weighted by molar-refractivity contribution is 0.0688. The molecule has 1 aromatic heterocycles. The Hall–Kier alpha value is -3.41. The number of benzene rings is 2. The molecule has 0 saturated carbocycles. The fourth-order valence-corrected chi connectivity index (χ4v) is 3.86. The third-order valence-electron chi connectivity index (χ3n) is 5.60. The molecule has 0 aliphatic carbocycles. The maximum absolute atomic E-state index is 12.9. The Morgan fingerprint density at radius 2 is 1.70 bits per heavy atom. The minimum atomic E-state index is -0.0989. The molecule has 2 aromatic carbocycles. The number of carbonyl (C=O) groups excluding carboxylic acids is 1. The second kappa shape index (κ2) is 8.53. The van der Waals surface area contributed by atoms with E-state index < -0.39 is 0 Å². The van der Waals surface area contributed by atoms with Crippen LogP contribution in [-0.2, 0) is 0 Å². The first kappa shape index (κ1) is 19.9. The molecule has 6 nitrogen and oxygen atoms in total. The quantitative estimate of drug-likeness (QED) is 0.671. The van der Waals surface area contributed by atoms with Gasteiger partial charge in [-0.05, 0) is 37.1 Å². The molecule has 154 valence electrons. The lowest BCUT2D eigenvalue weighted by Gasteiger charge is -2.32. The monoisotopic (exact) mass is 402 g/mol. The van der Waals surface area contributed by atoms with Crippen molar-refractivity contribution in [2.24, 2.45) is 0 Å². The summed E-state index contributed by atoms with van der Waals surface area (Å²) in [5.41, 5.74) is 3.37. The van der Waals surface area contributed by atoms with Gasteiger partial charge in [-0.3, -0.25) is 9.59 Å². The van der Waals surface area contributed by atoms with E-state index in [2.05, 4.69) is 5.10 Å². The van der Waals surface area contributed by atoms with Gasteiger partial charge in [-0.15, -0.1) is 0 Å². The Kier molecular flexibility index (Phi) is 5.65. The van der Waals surface area contributed by atoms with Crippen molar-refractivity contribution in [1.82, 2.24) is 14.7 Å². The Morgan fingerprint density at radius 1 is 0.967 bits per heavy atom. The van der Waals surface area contributed by atoms with E-state index in [4.69, 9.17) is 0 Å². The van der Waals surface area contributed by atoms with Crippen LogP contribution in [0, 0.1) is 0 Å². The highest BCUT2D eigenvalue weighted by molar-refractivity contribution is 5.95. The summed E-state index contributed by atoms with van der Waals surface area (Å²) in [6, 6.07) is 20.9. The van der Waals surface area contributed by atoms with E-state index in [0.29, 0.717) is 31.5 Å². The van der Waals surface area contributed by atoms with Crippen LogP contribution in [0.2, 0.25) is 0 Å². The molecule has 1 fully saturated rings. The van der Waals surface area contributed by atoms with Crippen LogP contribution in [0.4, 0.5) is 5.69 Å². The Labute approximate surface area is 176 Å². The highest BCUT2D eigenvalue weighted by Gasteiger charge is 2.26. The van der Waals surface area contributed by atoms with Gasteiger partial charge in [0.2, 0.25) is 0 Å². The van der Waals surface area contributed by atoms with Crippen molar-refractivity contribution >= 4 is 11.6 Å². The van der Waals surface area contributed by atoms with Crippen LogP contribution in [0.15, 0.2) is 71.5 Å². The second-order valence-electron chi connectivity index (χ2n) is 7.84. The number of anilines is 1. The summed E-state index contributed by atoms with van der Waals surface area (Å²) < 4.78 is 1.59. The van der Waals surface area contributed by atoms with Crippen LogP contribution in [0.1, 0.15) is 29.2 Å². The number of nitrogens with zero attached hydrogens (tertiary/aromatic N) is 4. The number of aromatic nitrogens is 2. The van der Waals surface area contributed by atoms with Gasteiger partial charge < -0.3 is 9.80 Å². The molecule has 30 heavy (non-hydrogen) atoms. The normalized spacial score (nSPS) is 14.5. The van der Waals surface area contributed by atoms with Gasteiger partial charge in [0.05, 0.1) is 11.7 Å². The minimum Gasteiger partial charge on any atom is -0.378 e. The molecule has 3 aromatic rings. The molecule has 0 radical (unpaired) electrons. The first-order chi connectivity index (χ1) is 14.5. The van der Waals surface area contributed by atoms with E-state index in [9.17, 15) is 9.59 Å². The minimum absolute atomic E-state index is 0.00155. The molecule has 1 aliphatic heterocycles. The molecule has 1 saturated heterocycles. The average molecular weight is 402 g/mol. The van der Waals surface area contributed by atoms with Crippen molar-refractivity contribution in [1.29, 1.82) is 0 Å². The summed E-state index contributed by atoms with van der Waals surface area (Å²) in [6.45, 7) is 1.22. The molecular weight excluding hydrogens is 376 g/mol. The van der Waals surface area contributed by atoms with Gasteiger partial charge in [-0.1, -0.05) is 36.4 Å². The van der Waals surface area contributed by atoms with Gasteiger partial charge >= 0.3 is 0 Å². The number of hydrogen-bond acceptors (Lipinski definition) is 4. The van der Waals surface area contributed by atoms with Crippen LogP contribution in [-0.4, -0.2) is 47.8 Å². The zero-order chi connectivity index (χ0) is 21.1. The molecule has 0 spiro atoms. The average Bonchev–Trinajstić information content (AvgIpc) is 2.80. The van der Waals surface area contributed by atoms with Crippen LogP contribution < -0.4 is 10.5 Å². The Bertz CT molecular complexity index is 1080. The van der Waals surface area contributed by atoms with E-state index in [-0.39, 0.29) is 17.5 Å². The molecule has 4 rings (SSSR count). The summed E-state index contributed by atoms with van der Waals surface area (Å²) in [5.74, 6) is 0.0375. The third kappa shape index (κ3) is 4.13. The molecule has 0 N–H and O–H groups in total. The second-order valence-corrected chi connectivity index (χ2v) is 7.84. The van der Waals surface area contributed by atoms with E-state index in [1.165, 1.54) is 0 Å². The van der Waals surface area contributed by atoms with Gasteiger partial charge in [0.25, 0.3) is 11.5 Å². The molecule has 2 heterocycles. The molecule has 6 heteroatoms. The van der Waals surface area contributed by atoms with Crippen LogP contribution in [0.3, 0.4) is 0 Å². The smallest absolute Gasteiger partial charge is 0.267 e. The molecule has 1 aliphatic rings. The van der Waals surface area contributed by atoms with Crippen molar-refractivity contribution in [2.45, 2.75) is 18.9 Å². The van der Waals surface area contributed by atoms with Gasteiger partial charge in [0.1, 0.15) is 0 Å². The first-order valence-electron chi connectivity index (χ1n) is 10.2. The van der Waals surface area contributed by atoms with Crippen molar-refractivity contribution in [3.63, 3.8) is 0 Å². The molecule has 0 unspecified atom stereocenters. The highest BCUT2D eigenvalue weighted by Crippen LogP contribution is 2.24. The van der Waals surface area contributed by atoms with Gasteiger partial charge in [-0.2, -0.15) is 5.10 Å². The molecule has 1 amide bonds. The van der Waals surface area contributed by atoms with E-state index >= 15 is 0 Å².